The van der Waals surface area contributed by atoms with Crippen molar-refractivity contribution in [2.24, 2.45) is 11.7 Å². The zero-order valence-corrected chi connectivity index (χ0v) is 13.0. The number of hydrogen-bond donors (Lipinski definition) is 3. The molecule has 0 heterocycles. The number of rotatable bonds is 10. The van der Waals surface area contributed by atoms with Gasteiger partial charge in [0.15, 0.2) is 5.78 Å². The predicted octanol–water partition coefficient (Wildman–Crippen LogP) is 2.96. The number of aromatic hydroxyl groups is 1. The summed E-state index contributed by atoms with van der Waals surface area (Å²) >= 11 is 0. The molecule has 1 aromatic rings. The van der Waals surface area contributed by atoms with Crippen molar-refractivity contribution in [2.75, 3.05) is 0 Å². The number of hydrogen-bond acceptors (Lipinski definition) is 4. The van der Waals surface area contributed by atoms with E-state index in [9.17, 15) is 14.7 Å². The first-order valence-electron chi connectivity index (χ1n) is 7.78. The molecule has 0 aromatic heterocycles. The van der Waals surface area contributed by atoms with Gasteiger partial charge in [0, 0.05) is 5.92 Å². The molecule has 2 atom stereocenters. The summed E-state index contributed by atoms with van der Waals surface area (Å²) in [4.78, 5) is 23.0. The second-order valence-electron chi connectivity index (χ2n) is 5.57. The Balaban J connectivity index is 2.41. The maximum Gasteiger partial charge on any atom is 0.320 e. The number of carbonyl (C=O) groups excluding carboxylic acids is 1. The predicted molar refractivity (Wildman–Crippen MR) is 84.9 cm³/mol. The van der Waals surface area contributed by atoms with Crippen LogP contribution in [0.2, 0.25) is 0 Å². The smallest absolute Gasteiger partial charge is 0.320 e. The van der Waals surface area contributed by atoms with Gasteiger partial charge in [0.25, 0.3) is 0 Å². The molecule has 5 nitrogen and oxygen atoms in total. The topological polar surface area (TPSA) is 101 Å². The zero-order chi connectivity index (χ0) is 16.5. The van der Waals surface area contributed by atoms with Crippen molar-refractivity contribution in [3.05, 3.63) is 29.8 Å². The van der Waals surface area contributed by atoms with Crippen molar-refractivity contribution in [1.82, 2.24) is 0 Å². The van der Waals surface area contributed by atoms with Gasteiger partial charge in [0.2, 0.25) is 0 Å². The van der Waals surface area contributed by atoms with Gasteiger partial charge < -0.3 is 15.9 Å². The molecule has 0 aliphatic carbocycles. The average molecular weight is 307 g/mol. The molecule has 0 aliphatic rings. The van der Waals surface area contributed by atoms with Crippen molar-refractivity contribution in [2.45, 2.75) is 51.5 Å². The van der Waals surface area contributed by atoms with Gasteiger partial charge in [-0.15, -0.1) is 0 Å². The van der Waals surface area contributed by atoms with Crippen LogP contribution in [0.4, 0.5) is 0 Å². The lowest BCUT2D eigenvalue weighted by molar-refractivity contribution is -0.138. The van der Waals surface area contributed by atoms with E-state index in [0.29, 0.717) is 12.0 Å². The average Bonchev–Trinajstić information content (AvgIpc) is 2.50. The normalized spacial score (nSPS) is 13.5. The third kappa shape index (κ3) is 5.48. The van der Waals surface area contributed by atoms with E-state index in [1.807, 2.05) is 6.92 Å². The van der Waals surface area contributed by atoms with Gasteiger partial charge in [0.05, 0.1) is 5.56 Å². The second kappa shape index (κ2) is 9.20. The number of carboxylic acids is 1. The first kappa shape index (κ1) is 18.2. The van der Waals surface area contributed by atoms with Crippen LogP contribution in [0.15, 0.2) is 24.3 Å². The Morgan fingerprint density at radius 3 is 2.36 bits per heavy atom. The first-order chi connectivity index (χ1) is 10.5. The molecule has 0 fully saturated rings. The molecule has 5 heteroatoms. The highest BCUT2D eigenvalue weighted by atomic mass is 16.4. The fourth-order valence-corrected chi connectivity index (χ4v) is 2.48. The standard InChI is InChI=1S/C17H25NO4/c1-2-12(8-4-3-5-10-14(18)17(21)22)16(20)13-9-6-7-11-15(13)19/h6-7,9,11-12,14,19H,2-5,8,10,18H2,1H3,(H,21,22). The zero-order valence-electron chi connectivity index (χ0n) is 13.0. The van der Waals surface area contributed by atoms with Gasteiger partial charge >= 0.3 is 5.97 Å². The number of phenols is 1. The van der Waals surface area contributed by atoms with E-state index in [1.54, 1.807) is 18.2 Å². The summed E-state index contributed by atoms with van der Waals surface area (Å²) in [7, 11) is 0. The van der Waals surface area contributed by atoms with Crippen LogP contribution in [0.25, 0.3) is 0 Å². The largest absolute Gasteiger partial charge is 0.507 e. The van der Waals surface area contributed by atoms with Crippen molar-refractivity contribution >= 4 is 11.8 Å². The number of nitrogens with two attached hydrogens (primary N) is 1. The molecule has 4 N–H and O–H groups in total. The van der Waals surface area contributed by atoms with Crippen LogP contribution in [-0.2, 0) is 4.79 Å². The lowest BCUT2D eigenvalue weighted by Crippen LogP contribution is -2.29. The molecule has 0 saturated heterocycles. The molecule has 0 spiro atoms. The molecule has 2 unspecified atom stereocenters. The Labute approximate surface area is 131 Å². The minimum absolute atomic E-state index is 0.0252. The van der Waals surface area contributed by atoms with Crippen LogP contribution in [0.5, 0.6) is 5.75 Å². The van der Waals surface area contributed by atoms with Crippen LogP contribution in [0.1, 0.15) is 55.8 Å². The van der Waals surface area contributed by atoms with E-state index in [0.717, 1.165) is 32.1 Å². The van der Waals surface area contributed by atoms with E-state index in [1.165, 1.54) is 6.07 Å². The molecule has 22 heavy (non-hydrogen) atoms. The lowest BCUT2D eigenvalue weighted by Gasteiger charge is -2.14. The number of carbonyl (C=O) groups is 2. The van der Waals surface area contributed by atoms with E-state index in [4.69, 9.17) is 10.8 Å². The minimum atomic E-state index is -0.971. The van der Waals surface area contributed by atoms with Crippen LogP contribution in [-0.4, -0.2) is 28.0 Å². The van der Waals surface area contributed by atoms with Gasteiger partial charge in [-0.1, -0.05) is 38.3 Å². The molecule has 1 rings (SSSR count). The number of phenolic OH excluding ortho intramolecular Hbond substituents is 1. The number of benzene rings is 1. The Kier molecular flexibility index (Phi) is 7.60. The third-order valence-corrected chi connectivity index (χ3v) is 3.92. The molecule has 122 valence electrons. The minimum Gasteiger partial charge on any atom is -0.507 e. The number of unbranched alkanes of at least 4 members (excludes halogenated alkanes) is 2. The fraction of sp³-hybridized carbons (Fsp3) is 0.529. The van der Waals surface area contributed by atoms with Crippen molar-refractivity contribution in [3.63, 3.8) is 0 Å². The second-order valence-corrected chi connectivity index (χ2v) is 5.57. The maximum atomic E-state index is 12.4. The van der Waals surface area contributed by atoms with Crippen LogP contribution in [0, 0.1) is 5.92 Å². The molecule has 0 saturated carbocycles. The SMILES string of the molecule is CCC(CCCCCC(N)C(=O)O)C(=O)c1ccccc1O. The summed E-state index contributed by atoms with van der Waals surface area (Å²) in [5.74, 6) is -1.08. The number of carboxylic acid groups (broad SMARTS) is 1. The van der Waals surface area contributed by atoms with Gasteiger partial charge in [0.1, 0.15) is 11.8 Å². The summed E-state index contributed by atoms with van der Waals surface area (Å²) in [6.45, 7) is 1.96. The maximum absolute atomic E-state index is 12.4. The van der Waals surface area contributed by atoms with Crippen LogP contribution < -0.4 is 5.73 Å². The van der Waals surface area contributed by atoms with E-state index in [-0.39, 0.29) is 17.5 Å². The quantitative estimate of drug-likeness (QED) is 0.456. The molecule has 1 aromatic carbocycles. The first-order valence-corrected chi connectivity index (χ1v) is 7.78. The monoisotopic (exact) mass is 307 g/mol. The van der Waals surface area contributed by atoms with Gasteiger partial charge in [-0.25, -0.2) is 0 Å². The third-order valence-electron chi connectivity index (χ3n) is 3.92. The highest BCUT2D eigenvalue weighted by molar-refractivity contribution is 6.00. The molecule has 0 amide bonds. The lowest BCUT2D eigenvalue weighted by atomic mass is 9.89. The summed E-state index contributed by atoms with van der Waals surface area (Å²) in [6.07, 6.45) is 4.37. The highest BCUT2D eigenvalue weighted by Crippen LogP contribution is 2.24. The fourth-order valence-electron chi connectivity index (χ4n) is 2.48. The van der Waals surface area contributed by atoms with Crippen LogP contribution >= 0.6 is 0 Å². The van der Waals surface area contributed by atoms with Gasteiger partial charge in [-0.05, 0) is 31.4 Å². The Morgan fingerprint density at radius 2 is 1.77 bits per heavy atom. The van der Waals surface area contributed by atoms with E-state index >= 15 is 0 Å². The molecular formula is C17H25NO4. The van der Waals surface area contributed by atoms with Crippen molar-refractivity contribution in [3.8, 4) is 5.75 Å². The molecule has 0 radical (unpaired) electrons. The summed E-state index contributed by atoms with van der Waals surface area (Å²) in [5.41, 5.74) is 5.82. The Hall–Kier alpha value is -1.88. The van der Waals surface area contributed by atoms with E-state index in [2.05, 4.69) is 0 Å². The molecule has 0 aliphatic heterocycles. The summed E-state index contributed by atoms with van der Waals surface area (Å²) in [5, 5.41) is 18.5. The Bertz CT molecular complexity index is 501. The summed E-state index contributed by atoms with van der Waals surface area (Å²) < 4.78 is 0. The van der Waals surface area contributed by atoms with Gasteiger partial charge in [-0.2, -0.15) is 0 Å². The van der Waals surface area contributed by atoms with Gasteiger partial charge in [-0.3, -0.25) is 9.59 Å². The van der Waals surface area contributed by atoms with Crippen molar-refractivity contribution in [1.29, 1.82) is 0 Å². The highest BCUT2D eigenvalue weighted by Gasteiger charge is 2.20. The summed E-state index contributed by atoms with van der Waals surface area (Å²) in [6, 6.07) is 5.80. The Morgan fingerprint density at radius 1 is 1.14 bits per heavy atom. The molecular weight excluding hydrogens is 282 g/mol. The molecule has 0 bridgehead atoms. The number of Topliss-reactive ketones (excluding diaryl/α,β-unsaturated/α-hetero) is 1. The number of aliphatic carboxylic acids is 1. The van der Waals surface area contributed by atoms with Crippen molar-refractivity contribution < 1.29 is 19.8 Å². The number of ketones is 1. The number of para-hydroxylation sites is 1. The van der Waals surface area contributed by atoms with E-state index < -0.39 is 12.0 Å². The van der Waals surface area contributed by atoms with Crippen LogP contribution in [0.3, 0.4) is 0 Å².